The lowest BCUT2D eigenvalue weighted by Gasteiger charge is -2.32. The lowest BCUT2D eigenvalue weighted by molar-refractivity contribution is -0.394. The van der Waals surface area contributed by atoms with Gasteiger partial charge in [-0.2, -0.15) is 17.6 Å². The standard InChI is InChI=1S/C12H6F4NO3/c13-11(14)8-3-1-2-6-4-7(17(18)19)5-9(10(6)8)12(15,16)20-11/h1-5,18H/q-1. The third-order valence-electron chi connectivity index (χ3n) is 3.07. The molecule has 106 valence electrons. The van der Waals surface area contributed by atoms with E-state index in [2.05, 4.69) is 4.74 Å². The van der Waals surface area contributed by atoms with Crippen molar-refractivity contribution < 1.29 is 27.5 Å². The van der Waals surface area contributed by atoms with Crippen LogP contribution in [-0.2, 0) is 17.0 Å². The second-order valence-electron chi connectivity index (χ2n) is 4.31. The number of ether oxygens (including phenoxy) is 1. The van der Waals surface area contributed by atoms with Gasteiger partial charge in [0.15, 0.2) is 0 Å². The van der Waals surface area contributed by atoms with Crippen LogP contribution in [0.2, 0.25) is 0 Å². The van der Waals surface area contributed by atoms with Gasteiger partial charge in [0.05, 0.1) is 16.8 Å². The number of hydrogen-bond donors (Lipinski definition) is 1. The first-order valence-corrected chi connectivity index (χ1v) is 5.42. The lowest BCUT2D eigenvalue weighted by atomic mass is 9.95. The summed E-state index contributed by atoms with van der Waals surface area (Å²) in [5, 5.41) is 18.6. The van der Waals surface area contributed by atoms with Crippen LogP contribution in [0.25, 0.3) is 10.8 Å². The highest BCUT2D eigenvalue weighted by molar-refractivity contribution is 5.93. The molecule has 20 heavy (non-hydrogen) atoms. The first-order valence-electron chi connectivity index (χ1n) is 5.42. The molecule has 0 fully saturated rings. The van der Waals surface area contributed by atoms with Crippen molar-refractivity contribution in [1.82, 2.24) is 0 Å². The molecule has 0 spiro atoms. The van der Waals surface area contributed by atoms with E-state index in [1.165, 1.54) is 12.1 Å². The SMILES string of the molecule is [O-]N(O)c1cc2c3c(cccc3c1)C(F)(F)OC2(F)F. The molecule has 4 nitrogen and oxygen atoms in total. The van der Waals surface area contributed by atoms with Gasteiger partial charge in [-0.15, -0.1) is 0 Å². The van der Waals surface area contributed by atoms with Gasteiger partial charge in [-0.1, -0.05) is 12.1 Å². The van der Waals surface area contributed by atoms with Crippen molar-refractivity contribution in [3.8, 4) is 0 Å². The number of nitrogens with zero attached hydrogens (tertiary/aromatic N) is 1. The van der Waals surface area contributed by atoms with Crippen LogP contribution in [0.3, 0.4) is 0 Å². The summed E-state index contributed by atoms with van der Waals surface area (Å²) in [7, 11) is 0. The number of hydrogen-bond acceptors (Lipinski definition) is 4. The van der Waals surface area contributed by atoms with E-state index in [1.54, 1.807) is 0 Å². The number of rotatable bonds is 1. The van der Waals surface area contributed by atoms with Crippen molar-refractivity contribution in [2.24, 2.45) is 0 Å². The largest absolute Gasteiger partial charge is 0.733 e. The Bertz CT molecular complexity index is 702. The van der Waals surface area contributed by atoms with Gasteiger partial charge in [-0.25, -0.2) is 4.74 Å². The summed E-state index contributed by atoms with van der Waals surface area (Å²) in [6.45, 7) is 0. The average Bonchev–Trinajstić information content (AvgIpc) is 2.33. The van der Waals surface area contributed by atoms with Crippen LogP contribution in [0.15, 0.2) is 30.3 Å². The summed E-state index contributed by atoms with van der Waals surface area (Å²) in [4.78, 5) is 0. The Morgan fingerprint density at radius 3 is 2.35 bits per heavy atom. The van der Waals surface area contributed by atoms with Gasteiger partial charge in [-0.05, 0) is 23.6 Å². The van der Waals surface area contributed by atoms with E-state index in [4.69, 9.17) is 5.21 Å². The molecular weight excluding hydrogens is 282 g/mol. The normalized spacial score (nSPS) is 19.1. The van der Waals surface area contributed by atoms with Gasteiger partial charge < -0.3 is 10.4 Å². The molecule has 1 aliphatic rings. The molecule has 0 atom stereocenters. The predicted octanol–water partition coefficient (Wildman–Crippen LogP) is 3.66. The van der Waals surface area contributed by atoms with Gasteiger partial charge >= 0.3 is 12.2 Å². The molecule has 0 amide bonds. The van der Waals surface area contributed by atoms with Crippen LogP contribution in [-0.4, -0.2) is 5.21 Å². The fourth-order valence-electron chi connectivity index (χ4n) is 2.27. The minimum Gasteiger partial charge on any atom is -0.733 e. The quantitative estimate of drug-likeness (QED) is 0.642. The number of anilines is 1. The van der Waals surface area contributed by atoms with E-state index in [0.717, 1.165) is 12.1 Å². The van der Waals surface area contributed by atoms with Crippen LogP contribution >= 0.6 is 0 Å². The molecule has 1 heterocycles. The van der Waals surface area contributed by atoms with Crippen LogP contribution in [0.4, 0.5) is 23.2 Å². The van der Waals surface area contributed by atoms with Crippen molar-refractivity contribution in [3.05, 3.63) is 46.7 Å². The Morgan fingerprint density at radius 2 is 1.70 bits per heavy atom. The molecule has 2 aromatic carbocycles. The zero-order valence-electron chi connectivity index (χ0n) is 9.61. The van der Waals surface area contributed by atoms with Crippen LogP contribution in [0.5, 0.6) is 0 Å². The highest BCUT2D eigenvalue weighted by atomic mass is 19.3. The van der Waals surface area contributed by atoms with Crippen LogP contribution in [0.1, 0.15) is 11.1 Å². The smallest absolute Gasteiger partial charge is 0.388 e. The topological polar surface area (TPSA) is 55.8 Å². The molecule has 0 bridgehead atoms. The molecule has 0 aliphatic carbocycles. The van der Waals surface area contributed by atoms with Crippen LogP contribution in [0, 0.1) is 5.21 Å². The molecule has 0 saturated heterocycles. The van der Waals surface area contributed by atoms with E-state index in [9.17, 15) is 22.8 Å². The van der Waals surface area contributed by atoms with E-state index < -0.39 is 34.3 Å². The lowest BCUT2D eigenvalue weighted by Crippen LogP contribution is -2.34. The molecule has 1 aliphatic heterocycles. The number of alkyl halides is 4. The van der Waals surface area contributed by atoms with Gasteiger partial charge in [-0.3, -0.25) is 5.21 Å². The summed E-state index contributed by atoms with van der Waals surface area (Å²) in [5.74, 6) is 0. The van der Waals surface area contributed by atoms with Crippen molar-refractivity contribution in [1.29, 1.82) is 0 Å². The van der Waals surface area contributed by atoms with Crippen molar-refractivity contribution in [2.45, 2.75) is 12.2 Å². The number of benzene rings is 2. The maximum absolute atomic E-state index is 13.7. The Labute approximate surface area is 109 Å². The first-order chi connectivity index (χ1) is 9.22. The van der Waals surface area contributed by atoms with Crippen molar-refractivity contribution in [3.63, 3.8) is 0 Å². The molecule has 0 radical (unpaired) electrons. The van der Waals surface area contributed by atoms with Crippen LogP contribution < -0.4 is 5.23 Å². The predicted molar refractivity (Wildman–Crippen MR) is 60.5 cm³/mol. The van der Waals surface area contributed by atoms with Crippen molar-refractivity contribution >= 4 is 16.5 Å². The molecule has 1 N–H and O–H groups in total. The molecule has 0 saturated carbocycles. The second kappa shape index (κ2) is 3.81. The molecule has 3 rings (SSSR count). The average molecular weight is 288 g/mol. The molecule has 0 unspecified atom stereocenters. The minimum absolute atomic E-state index is 0.0208. The third-order valence-corrected chi connectivity index (χ3v) is 3.07. The summed E-state index contributed by atoms with van der Waals surface area (Å²) in [6, 6.07) is 5.13. The van der Waals surface area contributed by atoms with Gasteiger partial charge in [0.2, 0.25) is 0 Å². The third kappa shape index (κ3) is 1.73. The minimum atomic E-state index is -4.28. The Balaban J connectivity index is 2.45. The van der Waals surface area contributed by atoms with Gasteiger partial charge in [0.1, 0.15) is 0 Å². The van der Waals surface area contributed by atoms with Gasteiger partial charge in [0.25, 0.3) is 0 Å². The summed E-state index contributed by atoms with van der Waals surface area (Å²) in [5.41, 5.74) is -2.10. The maximum atomic E-state index is 13.7. The highest BCUT2D eigenvalue weighted by Gasteiger charge is 2.53. The summed E-state index contributed by atoms with van der Waals surface area (Å²) < 4.78 is 58.1. The Hall–Kier alpha value is -1.90. The van der Waals surface area contributed by atoms with E-state index >= 15 is 0 Å². The summed E-state index contributed by atoms with van der Waals surface area (Å²) in [6.07, 6.45) is -8.42. The van der Waals surface area contributed by atoms with Crippen molar-refractivity contribution in [2.75, 3.05) is 5.23 Å². The Morgan fingerprint density at radius 1 is 1.05 bits per heavy atom. The molecule has 2 aromatic rings. The zero-order chi connectivity index (χ0) is 14.7. The van der Waals surface area contributed by atoms with E-state index in [0.29, 0.717) is 6.07 Å². The fourth-order valence-corrected chi connectivity index (χ4v) is 2.27. The van der Waals surface area contributed by atoms with E-state index in [-0.39, 0.29) is 10.8 Å². The van der Waals surface area contributed by atoms with Gasteiger partial charge in [0, 0.05) is 5.39 Å². The molecule has 0 aromatic heterocycles. The summed E-state index contributed by atoms with van der Waals surface area (Å²) >= 11 is 0. The Kier molecular flexibility index (Phi) is 2.50. The molecular formula is C12H6F4NO3-. The fraction of sp³-hybridized carbons (Fsp3) is 0.167. The molecule has 8 heteroatoms. The number of halogens is 4. The zero-order valence-corrected chi connectivity index (χ0v) is 9.61. The highest BCUT2D eigenvalue weighted by Crippen LogP contribution is 2.51. The first kappa shape index (κ1) is 13.1. The maximum Gasteiger partial charge on any atom is 0.388 e. The van der Waals surface area contributed by atoms with E-state index in [1.807, 2.05) is 0 Å². The second-order valence-corrected chi connectivity index (χ2v) is 4.31. The monoisotopic (exact) mass is 288 g/mol.